The monoisotopic (exact) mass is 314 g/mol. The number of thioether (sulfide) groups is 1. The van der Waals surface area contributed by atoms with Crippen LogP contribution in [0, 0.1) is 17.6 Å². The summed E-state index contributed by atoms with van der Waals surface area (Å²) in [4.78, 5) is 0. The minimum absolute atomic E-state index is 0.0511. The Kier molecular flexibility index (Phi) is 4.01. The maximum absolute atomic E-state index is 14.1. The minimum Gasteiger partial charge on any atom is -0.385 e. The van der Waals surface area contributed by atoms with Crippen LogP contribution in [0.15, 0.2) is 18.2 Å². The minimum atomic E-state index is -1.38. The molecule has 0 radical (unpaired) electrons. The predicted molar refractivity (Wildman–Crippen MR) is 79.3 cm³/mol. The fraction of sp³-hybridized carbons (Fsp3) is 0.625. The molecule has 116 valence electrons. The summed E-state index contributed by atoms with van der Waals surface area (Å²) in [5.41, 5.74) is -1.52. The van der Waals surface area contributed by atoms with Crippen LogP contribution in [0.25, 0.3) is 0 Å². The third kappa shape index (κ3) is 2.71. The van der Waals surface area contributed by atoms with Crippen molar-refractivity contribution in [3.63, 3.8) is 0 Å². The molecule has 21 heavy (non-hydrogen) atoms. The zero-order chi connectivity index (χ0) is 15.1. The van der Waals surface area contributed by atoms with Crippen LogP contribution in [-0.2, 0) is 10.3 Å². The summed E-state index contributed by atoms with van der Waals surface area (Å²) in [5.74, 6) is 0.00469. The predicted octanol–water partition coefficient (Wildman–Crippen LogP) is 3.47. The van der Waals surface area contributed by atoms with Gasteiger partial charge in [-0.15, -0.1) is 0 Å². The summed E-state index contributed by atoms with van der Waals surface area (Å²) < 4.78 is 33.4. The lowest BCUT2D eigenvalue weighted by Crippen LogP contribution is -2.46. The van der Waals surface area contributed by atoms with E-state index in [2.05, 4.69) is 0 Å². The highest BCUT2D eigenvalue weighted by atomic mass is 32.2. The first-order valence-corrected chi connectivity index (χ1v) is 8.49. The summed E-state index contributed by atoms with van der Waals surface area (Å²) in [5, 5.41) is 10.9. The van der Waals surface area contributed by atoms with Gasteiger partial charge in [-0.3, -0.25) is 0 Å². The maximum Gasteiger partial charge on any atom is 0.164 e. The van der Waals surface area contributed by atoms with E-state index >= 15 is 0 Å². The van der Waals surface area contributed by atoms with Crippen molar-refractivity contribution in [3.8, 4) is 0 Å². The normalized spacial score (nSPS) is 32.3. The molecule has 1 N–H and O–H groups in total. The zero-order valence-electron chi connectivity index (χ0n) is 12.1. The molecule has 2 aliphatic heterocycles. The van der Waals surface area contributed by atoms with Crippen LogP contribution in [0.3, 0.4) is 0 Å². The molecule has 0 amide bonds. The quantitative estimate of drug-likeness (QED) is 0.906. The van der Waals surface area contributed by atoms with E-state index in [1.165, 1.54) is 12.1 Å². The molecule has 0 bridgehead atoms. The zero-order valence-corrected chi connectivity index (χ0v) is 12.9. The van der Waals surface area contributed by atoms with Gasteiger partial charge in [0.2, 0.25) is 0 Å². The lowest BCUT2D eigenvalue weighted by Gasteiger charge is -2.43. The Morgan fingerprint density at radius 3 is 2.95 bits per heavy atom. The van der Waals surface area contributed by atoms with Gasteiger partial charge in [-0.05, 0) is 43.9 Å². The Morgan fingerprint density at radius 1 is 1.43 bits per heavy atom. The standard InChI is InChI=1S/C16H20F2O2S/c1-15(19,12-3-2-4-13(17)14(12)18)11-5-7-20-16(9-11)6-8-21-10-16/h2-4,11,19H,5-10H2,1H3. The van der Waals surface area contributed by atoms with Gasteiger partial charge in [-0.25, -0.2) is 8.78 Å². The van der Waals surface area contributed by atoms with Crippen molar-refractivity contribution < 1.29 is 18.6 Å². The molecule has 2 saturated heterocycles. The van der Waals surface area contributed by atoms with Gasteiger partial charge in [0.05, 0.1) is 11.2 Å². The van der Waals surface area contributed by atoms with E-state index < -0.39 is 17.2 Å². The Labute approximate surface area is 127 Å². The average molecular weight is 314 g/mol. The van der Waals surface area contributed by atoms with E-state index in [0.717, 1.165) is 24.0 Å². The third-order valence-electron chi connectivity index (χ3n) is 4.85. The second-order valence-corrected chi connectivity index (χ2v) is 7.38. The van der Waals surface area contributed by atoms with Crippen LogP contribution in [0.2, 0.25) is 0 Å². The summed E-state index contributed by atoms with van der Waals surface area (Å²) >= 11 is 1.85. The first-order chi connectivity index (χ1) is 9.95. The molecular weight excluding hydrogens is 294 g/mol. The molecule has 0 aliphatic carbocycles. The van der Waals surface area contributed by atoms with Crippen LogP contribution < -0.4 is 0 Å². The SMILES string of the molecule is CC(O)(c1cccc(F)c1F)C1CCOC2(CCSC2)C1. The van der Waals surface area contributed by atoms with Crippen molar-refractivity contribution in [2.45, 2.75) is 37.4 Å². The Hall–Kier alpha value is -0.650. The molecule has 2 nitrogen and oxygen atoms in total. The van der Waals surface area contributed by atoms with E-state index in [1.807, 2.05) is 11.8 Å². The van der Waals surface area contributed by atoms with E-state index in [1.54, 1.807) is 6.92 Å². The summed E-state index contributed by atoms with van der Waals surface area (Å²) in [6, 6.07) is 4.00. The van der Waals surface area contributed by atoms with Crippen LogP contribution in [0.5, 0.6) is 0 Å². The molecule has 5 heteroatoms. The van der Waals surface area contributed by atoms with E-state index in [0.29, 0.717) is 19.4 Å². The number of aliphatic hydroxyl groups is 1. The highest BCUT2D eigenvalue weighted by Gasteiger charge is 2.47. The first kappa shape index (κ1) is 15.3. The van der Waals surface area contributed by atoms with E-state index in [4.69, 9.17) is 4.74 Å². The van der Waals surface area contributed by atoms with Crippen molar-refractivity contribution >= 4 is 11.8 Å². The molecule has 0 aromatic heterocycles. The Balaban J connectivity index is 1.88. The molecule has 3 atom stereocenters. The molecule has 3 rings (SSSR count). The fourth-order valence-electron chi connectivity index (χ4n) is 3.49. The van der Waals surface area contributed by atoms with Crippen molar-refractivity contribution in [2.75, 3.05) is 18.1 Å². The van der Waals surface area contributed by atoms with Gasteiger partial charge in [0.25, 0.3) is 0 Å². The molecule has 2 aliphatic rings. The van der Waals surface area contributed by atoms with Gasteiger partial charge in [0.15, 0.2) is 11.6 Å². The Bertz CT molecular complexity index is 527. The van der Waals surface area contributed by atoms with Gasteiger partial charge < -0.3 is 9.84 Å². The number of ether oxygens (including phenoxy) is 1. The van der Waals surface area contributed by atoms with Gasteiger partial charge >= 0.3 is 0 Å². The van der Waals surface area contributed by atoms with E-state index in [9.17, 15) is 13.9 Å². The Morgan fingerprint density at radius 2 is 2.24 bits per heavy atom. The molecule has 3 unspecified atom stereocenters. The number of hydrogen-bond acceptors (Lipinski definition) is 3. The molecular formula is C16H20F2O2S. The van der Waals surface area contributed by atoms with Crippen molar-refractivity contribution in [3.05, 3.63) is 35.4 Å². The number of hydrogen-bond donors (Lipinski definition) is 1. The van der Waals surface area contributed by atoms with Gasteiger partial charge in [-0.1, -0.05) is 12.1 Å². The van der Waals surface area contributed by atoms with Gasteiger partial charge in [0.1, 0.15) is 0 Å². The van der Waals surface area contributed by atoms with Gasteiger partial charge in [-0.2, -0.15) is 11.8 Å². The maximum atomic E-state index is 14.1. The average Bonchev–Trinajstić information content (AvgIpc) is 2.89. The van der Waals surface area contributed by atoms with Crippen LogP contribution >= 0.6 is 11.8 Å². The molecule has 0 saturated carbocycles. The second kappa shape index (κ2) is 5.52. The largest absolute Gasteiger partial charge is 0.385 e. The lowest BCUT2D eigenvalue weighted by molar-refractivity contribution is -0.130. The number of rotatable bonds is 2. The highest BCUT2D eigenvalue weighted by Crippen LogP contribution is 2.46. The third-order valence-corrected chi connectivity index (χ3v) is 6.07. The van der Waals surface area contributed by atoms with Crippen LogP contribution in [0.4, 0.5) is 8.78 Å². The van der Waals surface area contributed by atoms with Crippen LogP contribution in [0.1, 0.15) is 31.7 Å². The topological polar surface area (TPSA) is 29.5 Å². The van der Waals surface area contributed by atoms with Crippen molar-refractivity contribution in [1.29, 1.82) is 0 Å². The molecule has 2 heterocycles. The lowest BCUT2D eigenvalue weighted by atomic mass is 9.73. The van der Waals surface area contributed by atoms with Crippen molar-refractivity contribution in [2.24, 2.45) is 5.92 Å². The number of halogens is 2. The highest BCUT2D eigenvalue weighted by molar-refractivity contribution is 7.99. The summed E-state index contributed by atoms with van der Waals surface area (Å²) in [6.07, 6.45) is 2.33. The molecule has 1 aromatic carbocycles. The second-order valence-electron chi connectivity index (χ2n) is 6.27. The molecule has 1 aromatic rings. The summed E-state index contributed by atoms with van der Waals surface area (Å²) in [7, 11) is 0. The first-order valence-electron chi connectivity index (χ1n) is 7.33. The van der Waals surface area contributed by atoms with Gasteiger partial charge in [0, 0.05) is 17.9 Å². The number of benzene rings is 1. The van der Waals surface area contributed by atoms with Crippen molar-refractivity contribution in [1.82, 2.24) is 0 Å². The van der Waals surface area contributed by atoms with E-state index in [-0.39, 0.29) is 17.1 Å². The molecule has 2 fully saturated rings. The molecule has 1 spiro atoms. The fourth-order valence-corrected chi connectivity index (χ4v) is 4.86. The smallest absolute Gasteiger partial charge is 0.164 e. The van der Waals surface area contributed by atoms with Crippen LogP contribution in [-0.4, -0.2) is 28.8 Å². The summed E-state index contributed by atoms with van der Waals surface area (Å²) in [6.45, 7) is 2.16.